The molecule has 3 aromatic carbocycles. The molecule has 4 nitrogen and oxygen atoms in total. The lowest BCUT2D eigenvalue weighted by molar-refractivity contribution is -0.173. The van der Waals surface area contributed by atoms with Crippen molar-refractivity contribution in [2.24, 2.45) is 0 Å². The Balaban J connectivity index is 1.50. The molecule has 1 aromatic heterocycles. The van der Waals surface area contributed by atoms with Gasteiger partial charge in [0.1, 0.15) is 5.82 Å². The quantitative estimate of drug-likeness (QED) is 0.308. The molecule has 0 saturated carbocycles. The summed E-state index contributed by atoms with van der Waals surface area (Å²) in [5, 5.41) is 9.34. The summed E-state index contributed by atoms with van der Waals surface area (Å²) in [6, 6.07) is 20.6. The van der Waals surface area contributed by atoms with Crippen molar-refractivity contribution in [3.8, 4) is 0 Å². The van der Waals surface area contributed by atoms with Crippen molar-refractivity contribution in [1.82, 2.24) is 9.78 Å². The highest BCUT2D eigenvalue weighted by atomic mass is 19.4. The van der Waals surface area contributed by atoms with Gasteiger partial charge in [-0.15, -0.1) is 0 Å². The molecule has 2 unspecified atom stereocenters. The summed E-state index contributed by atoms with van der Waals surface area (Å²) in [6.07, 6.45) is -3.28. The molecule has 1 aliphatic rings. The molecule has 4 aromatic rings. The lowest BCUT2D eigenvalue weighted by Gasteiger charge is -2.34. The van der Waals surface area contributed by atoms with Gasteiger partial charge < -0.3 is 5.32 Å². The van der Waals surface area contributed by atoms with Gasteiger partial charge in [-0.05, 0) is 27.3 Å². The van der Waals surface area contributed by atoms with Crippen LogP contribution in [0.3, 0.4) is 0 Å². The number of anilines is 1. The normalized spacial score (nSPS) is 18.2. The van der Waals surface area contributed by atoms with Gasteiger partial charge >= 0.3 is 6.18 Å². The van der Waals surface area contributed by atoms with Crippen molar-refractivity contribution in [2.75, 3.05) is 5.32 Å². The Morgan fingerprint density at radius 3 is 2.43 bits per heavy atom. The lowest BCUT2D eigenvalue weighted by Crippen LogP contribution is -2.36. The number of nitrogens with zero attached hydrogens (tertiary/aromatic N) is 2. The number of alkyl halides is 3. The molecule has 5 rings (SSSR count). The Labute approximate surface area is 201 Å². The third-order valence-corrected chi connectivity index (χ3v) is 6.86. The molecular weight excluding hydrogens is 451 g/mol. The number of nitrogens with one attached hydrogen (secondary N) is 1. The molecular formula is C28H26F3N3O. The SMILES string of the molecule is CC(C)(CC(=O)c1cnn2c1NC(c1ccccc1)CC2C(F)(F)F)c1cccc2ccccc12. The van der Waals surface area contributed by atoms with Gasteiger partial charge in [-0.3, -0.25) is 4.79 Å². The lowest BCUT2D eigenvalue weighted by atomic mass is 9.77. The number of fused-ring (bicyclic) bond motifs is 2. The fraction of sp³-hybridized carbons (Fsp3) is 0.286. The number of hydrogen-bond donors (Lipinski definition) is 1. The summed E-state index contributed by atoms with van der Waals surface area (Å²) in [5.74, 6) is -0.113. The van der Waals surface area contributed by atoms with Crippen molar-refractivity contribution in [3.63, 3.8) is 0 Å². The topological polar surface area (TPSA) is 46.9 Å². The largest absolute Gasteiger partial charge is 0.410 e. The maximum absolute atomic E-state index is 14.0. The monoisotopic (exact) mass is 477 g/mol. The first-order valence-corrected chi connectivity index (χ1v) is 11.6. The highest BCUT2D eigenvalue weighted by Crippen LogP contribution is 2.45. The Kier molecular flexibility index (Phi) is 5.66. The third kappa shape index (κ3) is 4.31. The Hall–Kier alpha value is -3.61. The molecule has 2 heterocycles. The fourth-order valence-electron chi connectivity index (χ4n) is 5.08. The van der Waals surface area contributed by atoms with Crippen molar-refractivity contribution >= 4 is 22.4 Å². The van der Waals surface area contributed by atoms with Crippen LogP contribution >= 0.6 is 0 Å². The van der Waals surface area contributed by atoms with E-state index in [0.717, 1.165) is 26.6 Å². The van der Waals surface area contributed by atoms with Crippen LogP contribution in [0.15, 0.2) is 79.0 Å². The average Bonchev–Trinajstić information content (AvgIpc) is 3.27. The van der Waals surface area contributed by atoms with E-state index in [-0.39, 0.29) is 30.0 Å². The van der Waals surface area contributed by atoms with Crippen LogP contribution in [0.2, 0.25) is 0 Å². The molecule has 0 saturated heterocycles. The minimum Gasteiger partial charge on any atom is -0.363 e. The van der Waals surface area contributed by atoms with Crippen molar-refractivity contribution in [3.05, 3.63) is 95.7 Å². The second-order valence-corrected chi connectivity index (χ2v) is 9.76. The first-order valence-electron chi connectivity index (χ1n) is 11.6. The molecule has 0 fully saturated rings. The van der Waals surface area contributed by atoms with E-state index in [4.69, 9.17) is 0 Å². The zero-order valence-corrected chi connectivity index (χ0v) is 19.5. The van der Waals surface area contributed by atoms with Crippen molar-refractivity contribution in [2.45, 2.75) is 50.4 Å². The molecule has 0 aliphatic carbocycles. The fourth-order valence-corrected chi connectivity index (χ4v) is 5.08. The standard InChI is InChI=1S/C28H26F3N3O/c1-27(2,22-14-8-12-18-9-6-7-13-20(18)22)16-24(35)21-17-32-34-25(28(29,30)31)15-23(33-26(21)34)19-10-4-3-5-11-19/h3-14,17,23,25,33H,15-16H2,1-2H3. The number of halogens is 3. The smallest absolute Gasteiger partial charge is 0.363 e. The van der Waals surface area contributed by atoms with Crippen LogP contribution < -0.4 is 5.32 Å². The summed E-state index contributed by atoms with van der Waals surface area (Å²) < 4.78 is 42.9. The molecule has 1 aliphatic heterocycles. The number of aromatic nitrogens is 2. The van der Waals surface area contributed by atoms with Crippen LogP contribution in [-0.2, 0) is 5.41 Å². The number of ketones is 1. The second kappa shape index (κ2) is 8.56. The molecule has 0 spiro atoms. The van der Waals surface area contributed by atoms with Gasteiger partial charge in [0.05, 0.1) is 17.8 Å². The van der Waals surface area contributed by atoms with Crippen LogP contribution in [0.4, 0.5) is 19.0 Å². The van der Waals surface area contributed by atoms with E-state index in [0.29, 0.717) is 0 Å². The number of hydrogen-bond acceptors (Lipinski definition) is 3. The summed E-state index contributed by atoms with van der Waals surface area (Å²) in [4.78, 5) is 13.5. The predicted octanol–water partition coefficient (Wildman–Crippen LogP) is 7.25. The maximum atomic E-state index is 14.0. The Bertz CT molecular complexity index is 1370. The molecule has 0 bridgehead atoms. The number of rotatable bonds is 5. The minimum atomic E-state index is -4.49. The van der Waals surface area contributed by atoms with Gasteiger partial charge in [-0.25, -0.2) is 4.68 Å². The Morgan fingerprint density at radius 2 is 1.69 bits per heavy atom. The van der Waals surface area contributed by atoms with Crippen molar-refractivity contribution in [1.29, 1.82) is 0 Å². The van der Waals surface area contributed by atoms with Crippen LogP contribution in [-0.4, -0.2) is 21.7 Å². The van der Waals surface area contributed by atoms with Crippen LogP contribution in [0.1, 0.15) is 60.3 Å². The van der Waals surface area contributed by atoms with Crippen LogP contribution in [0, 0.1) is 0 Å². The summed E-state index contributed by atoms with van der Waals surface area (Å²) in [6.45, 7) is 3.97. The number of carbonyl (C=O) groups is 1. The summed E-state index contributed by atoms with van der Waals surface area (Å²) in [5.41, 5.74) is 1.41. The van der Waals surface area contributed by atoms with E-state index in [2.05, 4.69) is 10.4 Å². The van der Waals surface area contributed by atoms with Gasteiger partial charge in [0.15, 0.2) is 11.8 Å². The second-order valence-electron chi connectivity index (χ2n) is 9.76. The van der Waals surface area contributed by atoms with E-state index >= 15 is 0 Å². The zero-order chi connectivity index (χ0) is 24.8. The molecule has 0 radical (unpaired) electrons. The predicted molar refractivity (Wildman–Crippen MR) is 131 cm³/mol. The van der Waals surface area contributed by atoms with E-state index in [9.17, 15) is 18.0 Å². The average molecular weight is 478 g/mol. The van der Waals surface area contributed by atoms with E-state index in [1.54, 1.807) is 24.3 Å². The molecule has 1 N–H and O–H groups in total. The zero-order valence-electron chi connectivity index (χ0n) is 19.5. The van der Waals surface area contributed by atoms with Crippen LogP contribution in [0.25, 0.3) is 10.8 Å². The Morgan fingerprint density at radius 1 is 1.00 bits per heavy atom. The van der Waals surface area contributed by atoms with E-state index in [1.165, 1.54) is 6.20 Å². The maximum Gasteiger partial charge on any atom is 0.410 e. The van der Waals surface area contributed by atoms with E-state index in [1.807, 2.05) is 62.4 Å². The third-order valence-electron chi connectivity index (χ3n) is 6.86. The van der Waals surface area contributed by atoms with Gasteiger partial charge in [-0.2, -0.15) is 18.3 Å². The van der Waals surface area contributed by atoms with Gasteiger partial charge in [-0.1, -0.05) is 86.6 Å². The molecule has 0 amide bonds. The molecule has 180 valence electrons. The first-order chi connectivity index (χ1) is 16.6. The van der Waals surface area contributed by atoms with Gasteiger partial charge in [0, 0.05) is 12.8 Å². The van der Waals surface area contributed by atoms with E-state index < -0.39 is 23.7 Å². The number of carbonyl (C=O) groups excluding carboxylic acids is 1. The number of benzene rings is 3. The number of Topliss-reactive ketones (excluding diaryl/α,β-unsaturated/α-hetero) is 1. The first kappa shape index (κ1) is 23.1. The van der Waals surface area contributed by atoms with Gasteiger partial charge in [0.25, 0.3) is 0 Å². The highest BCUT2D eigenvalue weighted by Gasteiger charge is 2.47. The molecule has 35 heavy (non-hydrogen) atoms. The van der Waals surface area contributed by atoms with Gasteiger partial charge in [0.2, 0.25) is 0 Å². The summed E-state index contributed by atoms with van der Waals surface area (Å²) >= 11 is 0. The minimum absolute atomic E-state index is 0.131. The van der Waals surface area contributed by atoms with Crippen LogP contribution in [0.5, 0.6) is 0 Å². The van der Waals surface area contributed by atoms with Crippen molar-refractivity contribution < 1.29 is 18.0 Å². The highest BCUT2D eigenvalue weighted by molar-refractivity contribution is 6.01. The molecule has 2 atom stereocenters. The molecule has 7 heteroatoms. The summed E-state index contributed by atoms with van der Waals surface area (Å²) in [7, 11) is 0.